The number of rotatable bonds is 2. The number of hydrogen-bond acceptors (Lipinski definition) is 1. The Morgan fingerprint density at radius 1 is 1.36 bits per heavy atom. The Morgan fingerprint density at radius 2 is 1.91 bits per heavy atom. The van der Waals surface area contributed by atoms with Gasteiger partial charge in [0.25, 0.3) is 0 Å². The summed E-state index contributed by atoms with van der Waals surface area (Å²) in [6.45, 7) is 3.62. The standard InChI is InChI=1S/C5H10O.C4H5N/c1-3-4-5(2)6;1-2-4-5-3-1/h3-4H2,1-2H3;1-5H. The molecular weight excluding hydrogens is 138 g/mol. The first-order valence-electron chi connectivity index (χ1n) is 3.84. The smallest absolute Gasteiger partial charge is 0.129 e. The fourth-order valence-electron chi connectivity index (χ4n) is 0.630. The molecule has 2 heteroatoms. The van der Waals surface area contributed by atoms with Crippen molar-refractivity contribution in [3.05, 3.63) is 24.5 Å². The van der Waals surface area contributed by atoms with Gasteiger partial charge in [-0.05, 0) is 25.5 Å². The zero-order chi connectivity index (χ0) is 8.53. The van der Waals surface area contributed by atoms with Crippen LogP contribution in [0.4, 0.5) is 0 Å². The number of hydrogen-bond donors (Lipinski definition) is 1. The third kappa shape index (κ3) is 8.95. The van der Waals surface area contributed by atoms with Crippen LogP contribution in [0.1, 0.15) is 26.7 Å². The van der Waals surface area contributed by atoms with Crippen LogP contribution in [0, 0.1) is 0 Å². The van der Waals surface area contributed by atoms with Gasteiger partial charge in [0, 0.05) is 18.8 Å². The molecule has 1 rings (SSSR count). The molecular formula is C9H15NO. The van der Waals surface area contributed by atoms with Crippen molar-refractivity contribution in [3.63, 3.8) is 0 Å². The molecule has 1 N–H and O–H groups in total. The summed E-state index contributed by atoms with van der Waals surface area (Å²) >= 11 is 0. The molecule has 2 nitrogen and oxygen atoms in total. The Balaban J connectivity index is 0.000000183. The molecule has 0 fully saturated rings. The fourth-order valence-corrected chi connectivity index (χ4v) is 0.630. The van der Waals surface area contributed by atoms with Gasteiger partial charge in [-0.2, -0.15) is 0 Å². The Labute approximate surface area is 67.6 Å². The molecule has 1 heterocycles. The molecule has 0 bridgehead atoms. The van der Waals surface area contributed by atoms with E-state index < -0.39 is 0 Å². The van der Waals surface area contributed by atoms with Gasteiger partial charge in [-0.25, -0.2) is 0 Å². The lowest BCUT2D eigenvalue weighted by atomic mass is 10.3. The van der Waals surface area contributed by atoms with Crippen molar-refractivity contribution >= 4 is 5.78 Å². The molecule has 0 aliphatic carbocycles. The first-order valence-corrected chi connectivity index (χ1v) is 3.84. The third-order valence-electron chi connectivity index (χ3n) is 1.10. The van der Waals surface area contributed by atoms with Gasteiger partial charge in [-0.1, -0.05) is 6.92 Å². The average molecular weight is 153 g/mol. The van der Waals surface area contributed by atoms with Crippen molar-refractivity contribution < 1.29 is 4.79 Å². The van der Waals surface area contributed by atoms with Crippen molar-refractivity contribution in [2.75, 3.05) is 0 Å². The second-order valence-electron chi connectivity index (χ2n) is 2.34. The van der Waals surface area contributed by atoms with Crippen LogP contribution in [-0.4, -0.2) is 10.8 Å². The molecule has 62 valence electrons. The lowest BCUT2D eigenvalue weighted by molar-refractivity contribution is -0.117. The number of nitrogens with one attached hydrogen (secondary N) is 1. The zero-order valence-electron chi connectivity index (χ0n) is 7.13. The van der Waals surface area contributed by atoms with E-state index in [2.05, 4.69) is 4.98 Å². The van der Waals surface area contributed by atoms with E-state index in [1.54, 1.807) is 6.92 Å². The minimum atomic E-state index is 0.289. The summed E-state index contributed by atoms with van der Waals surface area (Å²) in [5.74, 6) is 0.289. The molecule has 0 aromatic carbocycles. The number of carbonyl (C=O) groups excluding carboxylic acids is 1. The van der Waals surface area contributed by atoms with Crippen LogP contribution in [0.25, 0.3) is 0 Å². The molecule has 0 radical (unpaired) electrons. The minimum absolute atomic E-state index is 0.289. The van der Waals surface area contributed by atoms with Crippen LogP contribution < -0.4 is 0 Å². The van der Waals surface area contributed by atoms with Gasteiger partial charge < -0.3 is 9.78 Å². The molecule has 0 atom stereocenters. The summed E-state index contributed by atoms with van der Waals surface area (Å²) in [6, 6.07) is 3.89. The highest BCUT2D eigenvalue weighted by atomic mass is 16.1. The molecule has 1 aromatic heterocycles. The Kier molecular flexibility index (Phi) is 6.39. The van der Waals surface area contributed by atoms with Crippen LogP contribution in [-0.2, 0) is 4.79 Å². The van der Waals surface area contributed by atoms with E-state index in [4.69, 9.17) is 0 Å². The maximum atomic E-state index is 10.0. The number of aromatic amines is 1. The molecule has 0 amide bonds. The van der Waals surface area contributed by atoms with E-state index in [0.717, 1.165) is 12.8 Å². The van der Waals surface area contributed by atoms with Crippen LogP contribution in [0.3, 0.4) is 0 Å². The number of ketones is 1. The Hall–Kier alpha value is -1.05. The van der Waals surface area contributed by atoms with E-state index in [-0.39, 0.29) is 5.78 Å². The summed E-state index contributed by atoms with van der Waals surface area (Å²) in [5, 5.41) is 0. The van der Waals surface area contributed by atoms with Crippen LogP contribution in [0.5, 0.6) is 0 Å². The van der Waals surface area contributed by atoms with Gasteiger partial charge in [0.05, 0.1) is 0 Å². The first-order chi connectivity index (χ1) is 5.27. The summed E-state index contributed by atoms with van der Waals surface area (Å²) in [4.78, 5) is 12.9. The van der Waals surface area contributed by atoms with Gasteiger partial charge >= 0.3 is 0 Å². The van der Waals surface area contributed by atoms with E-state index >= 15 is 0 Å². The summed E-state index contributed by atoms with van der Waals surface area (Å²) in [5.41, 5.74) is 0. The van der Waals surface area contributed by atoms with Crippen molar-refractivity contribution in [2.24, 2.45) is 0 Å². The number of carbonyl (C=O) groups is 1. The lowest BCUT2D eigenvalue weighted by Crippen LogP contribution is -1.84. The lowest BCUT2D eigenvalue weighted by Gasteiger charge is -1.80. The van der Waals surface area contributed by atoms with Gasteiger partial charge in [-0.3, -0.25) is 0 Å². The monoisotopic (exact) mass is 153 g/mol. The molecule has 0 aliphatic rings. The average Bonchev–Trinajstić information content (AvgIpc) is 2.41. The fraction of sp³-hybridized carbons (Fsp3) is 0.444. The van der Waals surface area contributed by atoms with Crippen LogP contribution >= 0.6 is 0 Å². The summed E-state index contributed by atoms with van der Waals surface area (Å²) < 4.78 is 0. The molecule has 1 aromatic rings. The van der Waals surface area contributed by atoms with E-state index in [1.807, 2.05) is 31.5 Å². The largest absolute Gasteiger partial charge is 0.368 e. The number of H-pyrrole nitrogens is 1. The van der Waals surface area contributed by atoms with Crippen LogP contribution in [0.2, 0.25) is 0 Å². The molecule has 0 aliphatic heterocycles. The molecule has 0 spiro atoms. The predicted octanol–water partition coefficient (Wildman–Crippen LogP) is 2.39. The number of aromatic nitrogens is 1. The summed E-state index contributed by atoms with van der Waals surface area (Å²) in [7, 11) is 0. The van der Waals surface area contributed by atoms with Crippen molar-refractivity contribution in [1.82, 2.24) is 4.98 Å². The van der Waals surface area contributed by atoms with Crippen molar-refractivity contribution in [2.45, 2.75) is 26.7 Å². The second-order valence-corrected chi connectivity index (χ2v) is 2.34. The van der Waals surface area contributed by atoms with Crippen molar-refractivity contribution in [1.29, 1.82) is 0 Å². The SMILES string of the molecule is CCCC(C)=O.c1cc[nH]c1. The van der Waals surface area contributed by atoms with E-state index in [0.29, 0.717) is 0 Å². The normalized spacial score (nSPS) is 8.18. The summed E-state index contributed by atoms with van der Waals surface area (Å²) in [6.07, 6.45) is 5.47. The molecule has 0 saturated heterocycles. The minimum Gasteiger partial charge on any atom is -0.368 e. The number of Topliss-reactive ketones (excluding diaryl/α,β-unsaturated/α-hetero) is 1. The van der Waals surface area contributed by atoms with Gasteiger partial charge in [-0.15, -0.1) is 0 Å². The predicted molar refractivity (Wildman–Crippen MR) is 46.4 cm³/mol. The highest BCUT2D eigenvalue weighted by Crippen LogP contribution is 1.84. The van der Waals surface area contributed by atoms with Crippen LogP contribution in [0.15, 0.2) is 24.5 Å². The van der Waals surface area contributed by atoms with Gasteiger partial charge in [0.1, 0.15) is 5.78 Å². The molecule has 0 unspecified atom stereocenters. The topological polar surface area (TPSA) is 32.9 Å². The van der Waals surface area contributed by atoms with Gasteiger partial charge in [0.2, 0.25) is 0 Å². The highest BCUT2D eigenvalue weighted by Gasteiger charge is 1.83. The first kappa shape index (κ1) is 9.95. The Bertz CT molecular complexity index is 150. The molecule has 0 saturated carbocycles. The zero-order valence-corrected chi connectivity index (χ0v) is 7.13. The molecule has 11 heavy (non-hydrogen) atoms. The second kappa shape index (κ2) is 7.06. The Morgan fingerprint density at radius 3 is 2.00 bits per heavy atom. The quantitative estimate of drug-likeness (QED) is 0.695. The van der Waals surface area contributed by atoms with Crippen molar-refractivity contribution in [3.8, 4) is 0 Å². The maximum Gasteiger partial charge on any atom is 0.129 e. The highest BCUT2D eigenvalue weighted by molar-refractivity contribution is 5.75. The van der Waals surface area contributed by atoms with E-state index in [1.165, 1.54) is 0 Å². The van der Waals surface area contributed by atoms with E-state index in [9.17, 15) is 4.79 Å². The van der Waals surface area contributed by atoms with Gasteiger partial charge in [0.15, 0.2) is 0 Å². The maximum absolute atomic E-state index is 10.0. The third-order valence-corrected chi connectivity index (χ3v) is 1.10.